The molecule has 0 radical (unpaired) electrons. The van der Waals surface area contributed by atoms with Crippen LogP contribution in [0.25, 0.3) is 0 Å². The van der Waals surface area contributed by atoms with Crippen LogP contribution in [0.15, 0.2) is 17.5 Å². The van der Waals surface area contributed by atoms with Gasteiger partial charge in [-0.15, -0.1) is 11.3 Å². The second-order valence-corrected chi connectivity index (χ2v) is 6.69. The first-order valence-electron chi connectivity index (χ1n) is 7.46. The van der Waals surface area contributed by atoms with Gasteiger partial charge in [-0.05, 0) is 24.3 Å². The number of carboxylic acids is 1. The van der Waals surface area contributed by atoms with Gasteiger partial charge in [-0.3, -0.25) is 4.79 Å². The number of rotatable bonds is 5. The highest BCUT2D eigenvalue weighted by atomic mass is 32.1. The smallest absolute Gasteiger partial charge is 0.305 e. The van der Waals surface area contributed by atoms with E-state index in [1.807, 2.05) is 17.5 Å². The first-order chi connectivity index (χ1) is 10.2. The van der Waals surface area contributed by atoms with Gasteiger partial charge in [0, 0.05) is 23.8 Å². The van der Waals surface area contributed by atoms with Crippen molar-refractivity contribution in [3.63, 3.8) is 0 Å². The lowest BCUT2D eigenvalue weighted by molar-refractivity contribution is -0.179. The molecule has 0 aromatic carbocycles. The van der Waals surface area contributed by atoms with Crippen LogP contribution in [0, 0.1) is 0 Å². The number of hydrogen-bond donors (Lipinski definition) is 2. The molecule has 1 saturated heterocycles. The molecule has 5 nitrogen and oxygen atoms in total. The second kappa shape index (κ2) is 6.44. The summed E-state index contributed by atoms with van der Waals surface area (Å²) in [5.41, 5.74) is 0. The molecule has 2 N–H and O–H groups in total. The van der Waals surface area contributed by atoms with E-state index in [0.29, 0.717) is 19.3 Å². The highest BCUT2D eigenvalue weighted by Crippen LogP contribution is 2.36. The molecule has 1 unspecified atom stereocenters. The molecule has 0 amide bonds. The predicted octanol–water partition coefficient (Wildman–Crippen LogP) is 2.54. The molecule has 1 aliphatic carbocycles. The van der Waals surface area contributed by atoms with Gasteiger partial charge in [0.15, 0.2) is 5.79 Å². The molecule has 2 fully saturated rings. The Balaban J connectivity index is 1.58. The summed E-state index contributed by atoms with van der Waals surface area (Å²) >= 11 is 1.61. The zero-order valence-corrected chi connectivity index (χ0v) is 12.7. The quantitative estimate of drug-likeness (QED) is 0.874. The monoisotopic (exact) mass is 311 g/mol. The zero-order valence-electron chi connectivity index (χ0n) is 11.9. The van der Waals surface area contributed by atoms with Crippen LogP contribution in [0.3, 0.4) is 0 Å². The van der Waals surface area contributed by atoms with E-state index in [1.165, 1.54) is 0 Å². The first-order valence-corrected chi connectivity index (χ1v) is 8.34. The maximum absolute atomic E-state index is 11.1. The first kappa shape index (κ1) is 15.0. The Hall–Kier alpha value is -0.950. The number of aliphatic carboxylic acids is 1. The van der Waals surface area contributed by atoms with Crippen molar-refractivity contribution in [2.75, 3.05) is 13.2 Å². The predicted molar refractivity (Wildman–Crippen MR) is 79.3 cm³/mol. The summed E-state index contributed by atoms with van der Waals surface area (Å²) in [7, 11) is 0. The van der Waals surface area contributed by atoms with Crippen molar-refractivity contribution in [3.8, 4) is 0 Å². The van der Waals surface area contributed by atoms with Crippen molar-refractivity contribution in [1.29, 1.82) is 0 Å². The topological polar surface area (TPSA) is 67.8 Å². The normalized spacial score (nSPS) is 23.4. The van der Waals surface area contributed by atoms with E-state index in [9.17, 15) is 4.79 Å². The number of ether oxygens (including phenoxy) is 2. The second-order valence-electron chi connectivity index (χ2n) is 5.71. The van der Waals surface area contributed by atoms with Gasteiger partial charge in [0.25, 0.3) is 0 Å². The number of carbonyl (C=O) groups is 1. The van der Waals surface area contributed by atoms with E-state index < -0.39 is 5.97 Å². The molecular formula is C15H21NO4S. The van der Waals surface area contributed by atoms with Gasteiger partial charge in [0.1, 0.15) is 0 Å². The Labute approximate surface area is 128 Å². The number of nitrogens with one attached hydrogen (secondary N) is 1. The molecule has 0 bridgehead atoms. The fourth-order valence-electron chi connectivity index (χ4n) is 3.20. The Kier molecular flexibility index (Phi) is 4.59. The lowest BCUT2D eigenvalue weighted by Crippen LogP contribution is -2.43. The Bertz CT molecular complexity index is 460. The Morgan fingerprint density at radius 1 is 1.43 bits per heavy atom. The van der Waals surface area contributed by atoms with E-state index in [-0.39, 0.29) is 18.2 Å². The van der Waals surface area contributed by atoms with Crippen LogP contribution in [0.1, 0.15) is 43.0 Å². The van der Waals surface area contributed by atoms with E-state index in [1.54, 1.807) is 11.3 Å². The van der Waals surface area contributed by atoms with Crippen molar-refractivity contribution in [1.82, 2.24) is 5.32 Å². The summed E-state index contributed by atoms with van der Waals surface area (Å²) in [6.07, 6.45) is 3.81. The Morgan fingerprint density at radius 3 is 2.71 bits per heavy atom. The molecule has 1 saturated carbocycles. The minimum Gasteiger partial charge on any atom is -0.481 e. The molecule has 21 heavy (non-hydrogen) atoms. The van der Waals surface area contributed by atoms with Crippen LogP contribution >= 0.6 is 11.3 Å². The van der Waals surface area contributed by atoms with Gasteiger partial charge in [-0.2, -0.15) is 0 Å². The lowest BCUT2D eigenvalue weighted by atomic mass is 9.89. The van der Waals surface area contributed by atoms with Crippen molar-refractivity contribution in [3.05, 3.63) is 22.4 Å². The molecule has 1 aromatic heterocycles. The third-order valence-corrected chi connectivity index (χ3v) is 5.25. The van der Waals surface area contributed by atoms with Crippen molar-refractivity contribution >= 4 is 17.3 Å². The van der Waals surface area contributed by atoms with E-state index in [2.05, 4.69) is 5.32 Å². The summed E-state index contributed by atoms with van der Waals surface area (Å²) in [6, 6.07) is 4.19. The van der Waals surface area contributed by atoms with Gasteiger partial charge in [0.2, 0.25) is 0 Å². The van der Waals surface area contributed by atoms with Gasteiger partial charge < -0.3 is 19.9 Å². The zero-order chi connectivity index (χ0) is 14.7. The van der Waals surface area contributed by atoms with Crippen LogP contribution in [0.2, 0.25) is 0 Å². The molecular weight excluding hydrogens is 290 g/mol. The summed E-state index contributed by atoms with van der Waals surface area (Å²) in [5, 5.41) is 14.6. The van der Waals surface area contributed by atoms with Crippen LogP contribution in [-0.4, -0.2) is 36.1 Å². The standard InChI is InChI=1S/C15H21NO4S/c17-14(18)10-12(13-2-1-9-21-13)16-11-3-5-15(6-4-11)19-7-8-20-15/h1-2,9,11-12,16H,3-8,10H2,(H,17,18). The molecule has 6 heteroatoms. The summed E-state index contributed by atoms with van der Waals surface area (Å²) in [6.45, 7) is 1.38. The van der Waals surface area contributed by atoms with Crippen molar-refractivity contribution < 1.29 is 19.4 Å². The van der Waals surface area contributed by atoms with Gasteiger partial charge in [0.05, 0.1) is 25.7 Å². The average Bonchev–Trinajstić information content (AvgIpc) is 3.12. The minimum atomic E-state index is -0.768. The minimum absolute atomic E-state index is 0.105. The van der Waals surface area contributed by atoms with Crippen LogP contribution in [0.5, 0.6) is 0 Å². The van der Waals surface area contributed by atoms with Crippen molar-refractivity contribution in [2.24, 2.45) is 0 Å². The number of carboxylic acid groups (broad SMARTS) is 1. The third-order valence-electron chi connectivity index (χ3n) is 4.26. The molecule has 1 aromatic rings. The Morgan fingerprint density at radius 2 is 2.14 bits per heavy atom. The average molecular weight is 311 g/mol. The van der Waals surface area contributed by atoms with E-state index >= 15 is 0 Å². The fraction of sp³-hybridized carbons (Fsp3) is 0.667. The van der Waals surface area contributed by atoms with Crippen LogP contribution in [0.4, 0.5) is 0 Å². The van der Waals surface area contributed by atoms with Gasteiger partial charge in [-0.25, -0.2) is 0 Å². The summed E-state index contributed by atoms with van der Waals surface area (Å²) in [5.74, 6) is -1.13. The largest absolute Gasteiger partial charge is 0.481 e. The molecule has 3 rings (SSSR count). The highest BCUT2D eigenvalue weighted by molar-refractivity contribution is 7.10. The molecule has 2 heterocycles. The highest BCUT2D eigenvalue weighted by Gasteiger charge is 2.40. The molecule has 2 aliphatic rings. The maximum Gasteiger partial charge on any atom is 0.305 e. The fourth-order valence-corrected chi connectivity index (χ4v) is 3.99. The molecule has 1 atom stereocenters. The van der Waals surface area contributed by atoms with Crippen LogP contribution < -0.4 is 5.32 Å². The van der Waals surface area contributed by atoms with Crippen molar-refractivity contribution in [2.45, 2.75) is 50.0 Å². The van der Waals surface area contributed by atoms with E-state index in [4.69, 9.17) is 14.6 Å². The summed E-state index contributed by atoms with van der Waals surface area (Å²) in [4.78, 5) is 12.2. The van der Waals surface area contributed by atoms with Crippen LogP contribution in [-0.2, 0) is 14.3 Å². The third kappa shape index (κ3) is 3.63. The van der Waals surface area contributed by atoms with Gasteiger partial charge in [-0.1, -0.05) is 6.07 Å². The summed E-state index contributed by atoms with van der Waals surface area (Å²) < 4.78 is 11.5. The SMILES string of the molecule is O=C(O)CC(NC1CCC2(CC1)OCCO2)c1cccs1. The lowest BCUT2D eigenvalue weighted by Gasteiger charge is -2.37. The number of hydrogen-bond acceptors (Lipinski definition) is 5. The molecule has 116 valence electrons. The molecule has 1 aliphatic heterocycles. The maximum atomic E-state index is 11.1. The number of thiophene rings is 1. The van der Waals surface area contributed by atoms with E-state index in [0.717, 1.165) is 30.6 Å². The molecule has 1 spiro atoms. The van der Waals surface area contributed by atoms with Gasteiger partial charge >= 0.3 is 5.97 Å².